The molecule has 2 heterocycles. The smallest absolute Gasteiger partial charge is 0.251 e. The van der Waals surface area contributed by atoms with E-state index in [0.717, 1.165) is 28.8 Å². The zero-order chi connectivity index (χ0) is 14.0. The Morgan fingerprint density at radius 3 is 2.74 bits per heavy atom. The highest BCUT2D eigenvalue weighted by molar-refractivity contribution is 9.10. The van der Waals surface area contributed by atoms with E-state index < -0.39 is 0 Å². The molecule has 0 aliphatic carbocycles. The molecule has 2 aromatic heterocycles. The van der Waals surface area contributed by atoms with Crippen LogP contribution in [0.2, 0.25) is 0 Å². The highest BCUT2D eigenvalue weighted by Crippen LogP contribution is 2.23. The molecule has 5 nitrogen and oxygen atoms in total. The molecule has 0 atom stereocenters. The van der Waals surface area contributed by atoms with E-state index in [9.17, 15) is 4.79 Å². The second-order valence-electron chi connectivity index (χ2n) is 4.31. The molecule has 0 aliphatic rings. The molecule has 0 saturated heterocycles. The van der Waals surface area contributed by atoms with Gasteiger partial charge in [0.15, 0.2) is 0 Å². The Hall–Kier alpha value is -1.56. The predicted molar refractivity (Wildman–Crippen MR) is 79.2 cm³/mol. The van der Waals surface area contributed by atoms with Crippen LogP contribution in [0.3, 0.4) is 0 Å². The van der Waals surface area contributed by atoms with Gasteiger partial charge in [-0.2, -0.15) is 5.10 Å². The van der Waals surface area contributed by atoms with Crippen LogP contribution < -0.4 is 11.3 Å². The van der Waals surface area contributed by atoms with Crippen molar-refractivity contribution in [1.82, 2.24) is 14.3 Å². The minimum atomic E-state index is -0.0667. The third kappa shape index (κ3) is 2.73. The maximum Gasteiger partial charge on any atom is 0.251 e. The molecule has 0 aromatic carbocycles. The van der Waals surface area contributed by atoms with E-state index >= 15 is 0 Å². The summed E-state index contributed by atoms with van der Waals surface area (Å²) in [5.41, 5.74) is 8.24. The minimum absolute atomic E-state index is 0.0667. The average Bonchev–Trinajstić information content (AvgIpc) is 2.70. The van der Waals surface area contributed by atoms with Crippen LogP contribution in [0.4, 0.5) is 5.69 Å². The van der Waals surface area contributed by atoms with E-state index in [1.807, 2.05) is 11.6 Å². The van der Waals surface area contributed by atoms with Gasteiger partial charge < -0.3 is 10.3 Å². The number of nitrogens with two attached hydrogens (primary N) is 1. The van der Waals surface area contributed by atoms with Gasteiger partial charge >= 0.3 is 0 Å². The molecule has 6 heteroatoms. The molecule has 2 N–H and O–H groups in total. The number of halogens is 1. The second kappa shape index (κ2) is 5.61. The molecule has 0 aliphatic heterocycles. The summed E-state index contributed by atoms with van der Waals surface area (Å²) in [5.74, 6) is 0. The van der Waals surface area contributed by atoms with E-state index in [2.05, 4.69) is 28.0 Å². The fourth-order valence-electron chi connectivity index (χ4n) is 2.00. The van der Waals surface area contributed by atoms with Crippen LogP contribution >= 0.6 is 15.9 Å². The fraction of sp³-hybridized carbons (Fsp3) is 0.385. The average molecular weight is 325 g/mol. The van der Waals surface area contributed by atoms with Crippen molar-refractivity contribution in [2.45, 2.75) is 33.4 Å². The topological polar surface area (TPSA) is 65.8 Å². The fourth-order valence-corrected chi connectivity index (χ4v) is 2.69. The SMILES string of the molecule is CCc1nn(CC)c(Cn2cc(N)ccc2=O)c1Br. The summed E-state index contributed by atoms with van der Waals surface area (Å²) >= 11 is 3.57. The van der Waals surface area contributed by atoms with Gasteiger partial charge in [-0.1, -0.05) is 6.92 Å². The summed E-state index contributed by atoms with van der Waals surface area (Å²) < 4.78 is 4.49. The van der Waals surface area contributed by atoms with Crippen molar-refractivity contribution in [2.75, 3.05) is 5.73 Å². The largest absolute Gasteiger partial charge is 0.398 e. The van der Waals surface area contributed by atoms with Crippen molar-refractivity contribution in [1.29, 1.82) is 0 Å². The monoisotopic (exact) mass is 324 g/mol. The molecule has 19 heavy (non-hydrogen) atoms. The van der Waals surface area contributed by atoms with Crippen LogP contribution in [0.1, 0.15) is 25.2 Å². The number of nitrogen functional groups attached to an aromatic ring is 1. The predicted octanol–water partition coefficient (Wildman–Crippen LogP) is 2.02. The first kappa shape index (κ1) is 13.9. The number of hydrogen-bond acceptors (Lipinski definition) is 3. The van der Waals surface area contributed by atoms with Gasteiger partial charge in [0.05, 0.1) is 22.4 Å². The summed E-state index contributed by atoms with van der Waals surface area (Å²) in [5, 5.41) is 4.52. The number of aryl methyl sites for hydroxylation is 2. The molecular formula is C13H17BrN4O. The van der Waals surface area contributed by atoms with Crippen LogP contribution in [0.5, 0.6) is 0 Å². The minimum Gasteiger partial charge on any atom is -0.398 e. The first-order valence-corrected chi connectivity index (χ1v) is 7.06. The summed E-state index contributed by atoms with van der Waals surface area (Å²) in [7, 11) is 0. The van der Waals surface area contributed by atoms with Gasteiger partial charge in [0, 0.05) is 24.5 Å². The number of pyridine rings is 1. The Labute approximate surface area is 120 Å². The Morgan fingerprint density at radius 2 is 2.11 bits per heavy atom. The Balaban J connectivity index is 2.45. The van der Waals surface area contributed by atoms with E-state index in [1.54, 1.807) is 16.8 Å². The lowest BCUT2D eigenvalue weighted by molar-refractivity contribution is 0.589. The molecule has 2 aromatic rings. The third-order valence-electron chi connectivity index (χ3n) is 3.02. The lowest BCUT2D eigenvalue weighted by atomic mass is 10.3. The summed E-state index contributed by atoms with van der Waals surface area (Å²) in [4.78, 5) is 11.8. The number of nitrogens with zero attached hydrogens (tertiary/aromatic N) is 3. The zero-order valence-corrected chi connectivity index (χ0v) is 12.6. The highest BCUT2D eigenvalue weighted by Gasteiger charge is 2.14. The standard InChI is InChI=1S/C13H17BrN4O/c1-3-10-13(14)11(18(4-2)16-10)8-17-7-9(15)5-6-12(17)19/h5-7H,3-4,8,15H2,1-2H3. The number of anilines is 1. The molecular weight excluding hydrogens is 308 g/mol. The van der Waals surface area contributed by atoms with Crippen molar-refractivity contribution in [2.24, 2.45) is 0 Å². The summed E-state index contributed by atoms with van der Waals surface area (Å²) in [6.07, 6.45) is 2.51. The van der Waals surface area contributed by atoms with Crippen LogP contribution in [-0.4, -0.2) is 14.3 Å². The van der Waals surface area contributed by atoms with Crippen LogP contribution in [0.15, 0.2) is 27.6 Å². The van der Waals surface area contributed by atoms with Crippen molar-refractivity contribution < 1.29 is 0 Å². The molecule has 0 fully saturated rings. The van der Waals surface area contributed by atoms with Crippen LogP contribution in [-0.2, 0) is 19.5 Å². The molecule has 0 spiro atoms. The van der Waals surface area contributed by atoms with E-state index in [1.165, 1.54) is 6.07 Å². The Kier molecular flexibility index (Phi) is 4.09. The van der Waals surface area contributed by atoms with Gasteiger partial charge in [-0.05, 0) is 35.3 Å². The highest BCUT2D eigenvalue weighted by atomic mass is 79.9. The normalized spacial score (nSPS) is 10.9. The van der Waals surface area contributed by atoms with E-state index in [-0.39, 0.29) is 5.56 Å². The molecule has 2 rings (SSSR count). The van der Waals surface area contributed by atoms with Crippen LogP contribution in [0, 0.1) is 0 Å². The second-order valence-corrected chi connectivity index (χ2v) is 5.10. The molecule has 0 amide bonds. The first-order chi connectivity index (χ1) is 9.06. The molecule has 102 valence electrons. The van der Waals surface area contributed by atoms with Crippen molar-refractivity contribution in [3.63, 3.8) is 0 Å². The van der Waals surface area contributed by atoms with Gasteiger partial charge in [-0.25, -0.2) is 0 Å². The maximum absolute atomic E-state index is 11.8. The van der Waals surface area contributed by atoms with E-state index in [4.69, 9.17) is 5.73 Å². The third-order valence-corrected chi connectivity index (χ3v) is 3.94. The first-order valence-electron chi connectivity index (χ1n) is 6.26. The molecule has 0 saturated carbocycles. The number of hydrogen-bond donors (Lipinski definition) is 1. The molecule has 0 radical (unpaired) electrons. The Morgan fingerprint density at radius 1 is 1.37 bits per heavy atom. The van der Waals surface area contributed by atoms with Gasteiger partial charge in [-0.15, -0.1) is 0 Å². The lowest BCUT2D eigenvalue weighted by Crippen LogP contribution is -2.21. The van der Waals surface area contributed by atoms with Gasteiger partial charge in [0.1, 0.15) is 0 Å². The molecule has 0 unspecified atom stereocenters. The van der Waals surface area contributed by atoms with E-state index in [0.29, 0.717) is 12.2 Å². The lowest BCUT2D eigenvalue weighted by Gasteiger charge is -2.08. The Bertz CT molecular complexity index is 645. The summed E-state index contributed by atoms with van der Waals surface area (Å²) in [6.45, 7) is 5.32. The van der Waals surface area contributed by atoms with Gasteiger partial charge in [-0.3, -0.25) is 9.48 Å². The number of rotatable bonds is 4. The van der Waals surface area contributed by atoms with Crippen molar-refractivity contribution in [3.8, 4) is 0 Å². The molecule has 0 bridgehead atoms. The van der Waals surface area contributed by atoms with Crippen LogP contribution in [0.25, 0.3) is 0 Å². The van der Waals surface area contributed by atoms with Crippen molar-refractivity contribution >= 4 is 21.6 Å². The maximum atomic E-state index is 11.8. The quantitative estimate of drug-likeness (QED) is 0.935. The van der Waals surface area contributed by atoms with Gasteiger partial charge in [0.25, 0.3) is 5.56 Å². The number of aromatic nitrogens is 3. The zero-order valence-electron chi connectivity index (χ0n) is 11.1. The van der Waals surface area contributed by atoms with Gasteiger partial charge in [0.2, 0.25) is 0 Å². The van der Waals surface area contributed by atoms with Crippen molar-refractivity contribution in [3.05, 3.63) is 44.5 Å². The summed E-state index contributed by atoms with van der Waals surface area (Å²) in [6, 6.07) is 3.10.